The van der Waals surface area contributed by atoms with E-state index in [1.165, 1.54) is 0 Å². The van der Waals surface area contributed by atoms with Crippen LogP contribution in [0.2, 0.25) is 0 Å². The molecule has 0 radical (unpaired) electrons. The monoisotopic (exact) mass is 833 g/mol. The van der Waals surface area contributed by atoms with Gasteiger partial charge in [0, 0.05) is 69.7 Å². The molecule has 15 nitrogen and oxygen atoms in total. The van der Waals surface area contributed by atoms with Crippen molar-refractivity contribution < 1.29 is 30.7 Å². The molecule has 3 aliphatic rings. The lowest BCUT2D eigenvalue weighted by molar-refractivity contribution is -0.138. The molecule has 2 aliphatic heterocycles. The maximum absolute atomic E-state index is 13.4. The van der Waals surface area contributed by atoms with Crippen LogP contribution in [0.5, 0.6) is 0 Å². The Hall–Kier alpha value is -5.54. The second-order valence-corrected chi connectivity index (χ2v) is 15.0. The minimum absolute atomic E-state index is 0.0645. The summed E-state index contributed by atoms with van der Waals surface area (Å²) < 4.78 is 98.0. The fraction of sp³-hybridized carbons (Fsp3) is 0.541. The van der Waals surface area contributed by atoms with E-state index in [-0.39, 0.29) is 29.6 Å². The first-order valence-electron chi connectivity index (χ1n) is 19.4. The van der Waals surface area contributed by atoms with E-state index in [4.69, 9.17) is 0 Å². The lowest BCUT2D eigenvalue weighted by atomic mass is 9.85. The van der Waals surface area contributed by atoms with Gasteiger partial charge in [0.25, 0.3) is 0 Å². The van der Waals surface area contributed by atoms with Gasteiger partial charge >= 0.3 is 12.4 Å². The lowest BCUT2D eigenvalue weighted by Crippen LogP contribution is -2.44. The molecule has 1 saturated heterocycles. The fourth-order valence-electron chi connectivity index (χ4n) is 7.65. The van der Waals surface area contributed by atoms with E-state index in [0.717, 1.165) is 56.3 Å². The number of hydrogen-bond donors (Lipinski definition) is 4. The van der Waals surface area contributed by atoms with Crippen molar-refractivity contribution in [2.75, 3.05) is 47.4 Å². The van der Waals surface area contributed by atoms with Crippen LogP contribution < -0.4 is 21.3 Å². The Kier molecular flexibility index (Phi) is 11.5. The van der Waals surface area contributed by atoms with E-state index in [2.05, 4.69) is 72.8 Å². The first-order chi connectivity index (χ1) is 28.0. The van der Waals surface area contributed by atoms with E-state index in [1.807, 2.05) is 35.6 Å². The predicted molar refractivity (Wildman–Crippen MR) is 206 cm³/mol. The molecular weight excluding hydrogens is 787 g/mol. The number of rotatable bonds is 11. The van der Waals surface area contributed by atoms with Gasteiger partial charge in [0.15, 0.2) is 0 Å². The first kappa shape index (κ1) is 41.6. The van der Waals surface area contributed by atoms with Gasteiger partial charge in [-0.2, -0.15) is 46.5 Å². The number of imidazole rings is 1. The summed E-state index contributed by atoms with van der Waals surface area (Å²) in [5, 5.41) is 20.3. The average Bonchev–Trinajstić information content (AvgIpc) is 3.99. The van der Waals surface area contributed by atoms with Crippen molar-refractivity contribution in [2.24, 2.45) is 0 Å². The van der Waals surface area contributed by atoms with Gasteiger partial charge in [-0.25, -0.2) is 19.3 Å². The van der Waals surface area contributed by atoms with Gasteiger partial charge in [0.05, 0.1) is 35.0 Å². The number of alkyl halides is 7. The van der Waals surface area contributed by atoms with Gasteiger partial charge in [-0.05, 0) is 60.3 Å². The molecule has 0 spiro atoms. The summed E-state index contributed by atoms with van der Waals surface area (Å²) in [5.74, 6) is 0.541. The van der Waals surface area contributed by atoms with E-state index in [9.17, 15) is 30.7 Å². The molecule has 1 unspecified atom stereocenters. The summed E-state index contributed by atoms with van der Waals surface area (Å²) >= 11 is 0. The highest BCUT2D eigenvalue weighted by atomic mass is 19.4. The van der Waals surface area contributed by atoms with Crippen LogP contribution in [0.1, 0.15) is 80.8 Å². The third-order valence-electron chi connectivity index (χ3n) is 11.0. The molecule has 2 fully saturated rings. The van der Waals surface area contributed by atoms with E-state index < -0.39 is 35.2 Å². The fourth-order valence-corrected chi connectivity index (χ4v) is 7.65. The van der Waals surface area contributed by atoms with Crippen LogP contribution in [-0.2, 0) is 24.4 Å². The molecule has 0 bridgehead atoms. The number of nitrogens with one attached hydrogen (secondary N) is 4. The number of likely N-dealkylation sites (tertiary alicyclic amines) is 1. The first-order valence-corrected chi connectivity index (χ1v) is 19.4. The van der Waals surface area contributed by atoms with Gasteiger partial charge in [-0.15, -0.1) is 0 Å². The normalized spacial score (nSPS) is 21.7. The molecule has 22 heteroatoms. The van der Waals surface area contributed by atoms with Crippen LogP contribution in [0.25, 0.3) is 0 Å². The molecule has 0 amide bonds. The lowest BCUT2D eigenvalue weighted by Gasteiger charge is -2.41. The Morgan fingerprint density at radius 3 is 1.98 bits per heavy atom. The average molecular weight is 834 g/mol. The second-order valence-electron chi connectivity index (χ2n) is 15.0. The van der Waals surface area contributed by atoms with Crippen LogP contribution >= 0.6 is 0 Å². The van der Waals surface area contributed by atoms with Crippen molar-refractivity contribution in [1.82, 2.24) is 53.9 Å². The highest BCUT2D eigenvalue weighted by Gasteiger charge is 2.41. The van der Waals surface area contributed by atoms with Crippen molar-refractivity contribution in [1.29, 1.82) is 0 Å². The summed E-state index contributed by atoms with van der Waals surface area (Å²) in [7, 11) is 0. The molecule has 7 heterocycles. The van der Waals surface area contributed by atoms with Crippen molar-refractivity contribution in [3.8, 4) is 0 Å². The molecule has 2 atom stereocenters. The minimum Gasteiger partial charge on any atom is -0.370 e. The molecule has 0 aromatic carbocycles. The van der Waals surface area contributed by atoms with E-state index in [1.54, 1.807) is 26.2 Å². The SMILES string of the molecule is CCNc1nc(Nc2cn(C3(C)CCn4ccnc43)nc2C)ncc1C(F)(F)F.CCNc1nc(Nc2cnn(C3CC(N4CC[C@@H](F)C4)C3)c2C)ncc1C(F)(F)F. The van der Waals surface area contributed by atoms with Crippen molar-refractivity contribution in [2.45, 2.75) is 103 Å². The molecule has 5 aromatic rings. The number of nitrogens with zero attached hydrogens (tertiary/aromatic N) is 11. The Morgan fingerprint density at radius 2 is 1.42 bits per heavy atom. The van der Waals surface area contributed by atoms with Gasteiger partial charge < -0.3 is 25.8 Å². The summed E-state index contributed by atoms with van der Waals surface area (Å²) in [6.07, 6.45) is 2.20. The Morgan fingerprint density at radius 1 is 0.814 bits per heavy atom. The highest BCUT2D eigenvalue weighted by Crippen LogP contribution is 2.40. The number of fused-ring (bicyclic) bond motifs is 1. The molecule has 8 rings (SSSR count). The number of hydrogen-bond acceptors (Lipinski definition) is 12. The number of aromatic nitrogens is 10. The van der Waals surface area contributed by atoms with E-state index >= 15 is 0 Å². The van der Waals surface area contributed by atoms with Crippen LogP contribution in [0.3, 0.4) is 0 Å². The molecule has 318 valence electrons. The predicted octanol–water partition coefficient (Wildman–Crippen LogP) is 7.46. The van der Waals surface area contributed by atoms with Crippen LogP contribution in [0.4, 0.5) is 65.6 Å². The van der Waals surface area contributed by atoms with Crippen LogP contribution in [0, 0.1) is 13.8 Å². The van der Waals surface area contributed by atoms with Crippen molar-refractivity contribution in [3.05, 3.63) is 65.5 Å². The zero-order valence-corrected chi connectivity index (χ0v) is 33.1. The summed E-state index contributed by atoms with van der Waals surface area (Å²) in [5.41, 5.74) is 0.609. The van der Waals surface area contributed by atoms with Gasteiger partial charge in [-0.1, -0.05) is 0 Å². The minimum atomic E-state index is -4.53. The maximum Gasteiger partial charge on any atom is 0.421 e. The molecule has 4 N–H and O–H groups in total. The maximum atomic E-state index is 13.4. The second kappa shape index (κ2) is 16.3. The molecule has 1 saturated carbocycles. The highest BCUT2D eigenvalue weighted by molar-refractivity contribution is 5.59. The van der Waals surface area contributed by atoms with Crippen molar-refractivity contribution in [3.63, 3.8) is 0 Å². The molecule has 5 aromatic heterocycles. The topological polar surface area (TPSA) is 156 Å². The third-order valence-corrected chi connectivity index (χ3v) is 11.0. The molecule has 59 heavy (non-hydrogen) atoms. The standard InChI is InChI=1S/C19H25F4N7.C18H21F3N8/c1-3-24-17-15(19(21,22)23)8-25-18(28-17)27-16-9-26-30(11(16)2)14-6-13(7-14)29-5-4-12(20)10-29;1-4-22-14-12(18(19,20)21)9-24-16(26-14)25-13-10-29(27-11(13)2)17(3)5-7-28-8-6-23-15(17)28/h8-9,12-14H,3-7,10H2,1-2H3,(H2,24,25,27,28);6,8-10H,4-5,7H2,1-3H3,(H2,22,24,25,26)/t12-,13?,14?;/m1./s1. The van der Waals surface area contributed by atoms with Crippen LogP contribution in [-0.4, -0.2) is 92.3 Å². The Labute approximate surface area is 335 Å². The van der Waals surface area contributed by atoms with Gasteiger partial charge in [0.2, 0.25) is 11.9 Å². The zero-order valence-electron chi connectivity index (χ0n) is 33.1. The Balaban J connectivity index is 0.000000179. The molecular formula is C37H46F7N15. The third kappa shape index (κ3) is 8.62. The van der Waals surface area contributed by atoms with Crippen LogP contribution in [0.15, 0.2) is 37.2 Å². The summed E-state index contributed by atoms with van der Waals surface area (Å²) in [6.45, 7) is 12.0. The molecule has 1 aliphatic carbocycles. The summed E-state index contributed by atoms with van der Waals surface area (Å²) in [4.78, 5) is 22.3. The smallest absolute Gasteiger partial charge is 0.370 e. The van der Waals surface area contributed by atoms with Gasteiger partial charge in [0.1, 0.15) is 40.3 Å². The van der Waals surface area contributed by atoms with Crippen molar-refractivity contribution >= 4 is 34.9 Å². The quantitative estimate of drug-likeness (QED) is 0.0977. The van der Waals surface area contributed by atoms with Gasteiger partial charge in [-0.3, -0.25) is 14.3 Å². The zero-order chi connectivity index (χ0) is 42.3. The largest absolute Gasteiger partial charge is 0.421 e. The number of aryl methyl sites for hydroxylation is 2. The summed E-state index contributed by atoms with van der Waals surface area (Å²) in [6, 6.07) is 0.617. The van der Waals surface area contributed by atoms with E-state index in [0.29, 0.717) is 49.2 Å². The Bertz CT molecular complexity index is 2240. The number of halogens is 7. The number of anilines is 6.